The molecular weight excluding hydrogens is 346 g/mol. The molecule has 2 N–H and O–H groups in total. The maximum absolute atomic E-state index is 11.8. The highest BCUT2D eigenvalue weighted by molar-refractivity contribution is 7.14. The van der Waals surface area contributed by atoms with Crippen molar-refractivity contribution in [2.75, 3.05) is 11.9 Å². The Morgan fingerprint density at radius 3 is 2.31 bits per heavy atom. The van der Waals surface area contributed by atoms with Crippen molar-refractivity contribution in [2.45, 2.75) is 13.3 Å². The number of amides is 2. The molecule has 0 aliphatic heterocycles. The van der Waals surface area contributed by atoms with Crippen molar-refractivity contribution in [3.05, 3.63) is 60.0 Å². The van der Waals surface area contributed by atoms with Gasteiger partial charge in [0, 0.05) is 30.8 Å². The van der Waals surface area contributed by atoms with E-state index >= 15 is 0 Å². The number of hydrogen-bond acceptors (Lipinski definition) is 4. The number of nitrogens with one attached hydrogen (secondary N) is 2. The first kappa shape index (κ1) is 17.8. The third kappa shape index (κ3) is 4.77. The molecule has 26 heavy (non-hydrogen) atoms. The topological polar surface area (TPSA) is 71.1 Å². The van der Waals surface area contributed by atoms with E-state index in [1.165, 1.54) is 23.8 Å². The minimum absolute atomic E-state index is 0.145. The summed E-state index contributed by atoms with van der Waals surface area (Å²) in [5, 5.41) is 7.83. The summed E-state index contributed by atoms with van der Waals surface area (Å²) in [5.41, 5.74) is 4.15. The largest absolute Gasteiger partial charge is 0.356 e. The molecule has 0 fully saturated rings. The zero-order valence-electron chi connectivity index (χ0n) is 14.4. The molecule has 3 rings (SSSR count). The molecule has 0 unspecified atom stereocenters. The average Bonchev–Trinajstić information content (AvgIpc) is 3.10. The number of anilines is 1. The fourth-order valence-electron chi connectivity index (χ4n) is 2.46. The molecule has 0 aliphatic rings. The molecule has 3 aromatic rings. The second kappa shape index (κ2) is 8.40. The standard InChI is InChI=1S/C20H19N3O2S/c1-14(24)21-12-11-19(25)23-20-22-18(13-26-20)17-9-7-16(8-10-17)15-5-3-2-4-6-15/h2-10,13H,11-12H2,1H3,(H,21,24)(H,22,23,25). The van der Waals surface area contributed by atoms with E-state index in [2.05, 4.69) is 39.9 Å². The Balaban J connectivity index is 1.62. The van der Waals surface area contributed by atoms with Crippen LogP contribution in [0.25, 0.3) is 22.4 Å². The van der Waals surface area contributed by atoms with Crippen molar-refractivity contribution < 1.29 is 9.59 Å². The Labute approximate surface area is 156 Å². The summed E-state index contributed by atoms with van der Waals surface area (Å²) >= 11 is 1.38. The van der Waals surface area contributed by atoms with Crippen LogP contribution in [0.2, 0.25) is 0 Å². The van der Waals surface area contributed by atoms with Crippen LogP contribution in [0.4, 0.5) is 5.13 Å². The summed E-state index contributed by atoms with van der Waals surface area (Å²) in [7, 11) is 0. The highest BCUT2D eigenvalue weighted by Crippen LogP contribution is 2.27. The third-order valence-electron chi connectivity index (χ3n) is 3.76. The highest BCUT2D eigenvalue weighted by atomic mass is 32.1. The predicted octanol–water partition coefficient (Wildman–Crippen LogP) is 3.94. The van der Waals surface area contributed by atoms with Gasteiger partial charge in [-0.25, -0.2) is 4.98 Å². The number of carbonyl (C=O) groups is 2. The van der Waals surface area contributed by atoms with Crippen molar-refractivity contribution in [1.29, 1.82) is 0 Å². The highest BCUT2D eigenvalue weighted by Gasteiger charge is 2.08. The number of thiazole rings is 1. The molecule has 5 nitrogen and oxygen atoms in total. The number of benzene rings is 2. The molecule has 0 bridgehead atoms. The molecule has 0 saturated carbocycles. The van der Waals surface area contributed by atoms with E-state index in [9.17, 15) is 9.59 Å². The summed E-state index contributed by atoms with van der Waals surface area (Å²) in [5.74, 6) is -0.313. The van der Waals surface area contributed by atoms with Crippen molar-refractivity contribution in [3.63, 3.8) is 0 Å². The number of rotatable bonds is 6. The minimum atomic E-state index is -0.168. The van der Waals surface area contributed by atoms with Crippen LogP contribution < -0.4 is 10.6 Å². The first-order valence-corrected chi connectivity index (χ1v) is 9.15. The van der Waals surface area contributed by atoms with Gasteiger partial charge in [0.2, 0.25) is 11.8 Å². The maximum atomic E-state index is 11.8. The Morgan fingerprint density at radius 2 is 1.62 bits per heavy atom. The van der Waals surface area contributed by atoms with E-state index in [-0.39, 0.29) is 18.2 Å². The second-order valence-electron chi connectivity index (χ2n) is 5.76. The number of nitrogens with zero attached hydrogens (tertiary/aromatic N) is 1. The lowest BCUT2D eigenvalue weighted by Gasteiger charge is -2.03. The van der Waals surface area contributed by atoms with E-state index in [0.29, 0.717) is 11.7 Å². The van der Waals surface area contributed by atoms with Crippen LogP contribution in [0.3, 0.4) is 0 Å². The van der Waals surface area contributed by atoms with Gasteiger partial charge in [-0.3, -0.25) is 9.59 Å². The molecule has 0 radical (unpaired) electrons. The average molecular weight is 365 g/mol. The normalized spacial score (nSPS) is 10.3. The van der Waals surface area contributed by atoms with Crippen LogP contribution in [0, 0.1) is 0 Å². The Morgan fingerprint density at radius 1 is 0.962 bits per heavy atom. The summed E-state index contributed by atoms with van der Waals surface area (Å²) in [6, 6.07) is 18.4. The maximum Gasteiger partial charge on any atom is 0.227 e. The van der Waals surface area contributed by atoms with Gasteiger partial charge in [0.15, 0.2) is 5.13 Å². The van der Waals surface area contributed by atoms with E-state index < -0.39 is 0 Å². The predicted molar refractivity (Wildman–Crippen MR) is 105 cm³/mol. The summed E-state index contributed by atoms with van der Waals surface area (Å²) in [4.78, 5) is 27.1. The van der Waals surface area contributed by atoms with Crippen molar-refractivity contribution in [3.8, 4) is 22.4 Å². The zero-order valence-corrected chi connectivity index (χ0v) is 15.2. The SMILES string of the molecule is CC(=O)NCCC(=O)Nc1nc(-c2ccc(-c3ccccc3)cc2)cs1. The van der Waals surface area contributed by atoms with E-state index in [4.69, 9.17) is 0 Å². The molecule has 0 spiro atoms. The van der Waals surface area contributed by atoms with Crippen molar-refractivity contribution in [1.82, 2.24) is 10.3 Å². The van der Waals surface area contributed by atoms with E-state index in [1.54, 1.807) is 0 Å². The fourth-order valence-corrected chi connectivity index (χ4v) is 3.20. The van der Waals surface area contributed by atoms with Crippen LogP contribution in [-0.2, 0) is 9.59 Å². The molecule has 0 saturated heterocycles. The van der Waals surface area contributed by atoms with Crippen molar-refractivity contribution in [2.24, 2.45) is 0 Å². The lowest BCUT2D eigenvalue weighted by molar-refractivity contribution is -0.119. The summed E-state index contributed by atoms with van der Waals surface area (Å²) in [6.45, 7) is 1.74. The third-order valence-corrected chi connectivity index (χ3v) is 4.52. The Bertz CT molecular complexity index is 889. The number of carbonyl (C=O) groups excluding carboxylic acids is 2. The van der Waals surface area contributed by atoms with Crippen LogP contribution in [0.15, 0.2) is 60.0 Å². The van der Waals surface area contributed by atoms with Crippen LogP contribution in [0.1, 0.15) is 13.3 Å². The lowest BCUT2D eigenvalue weighted by atomic mass is 10.0. The molecule has 1 aromatic heterocycles. The van der Waals surface area contributed by atoms with Gasteiger partial charge in [-0.1, -0.05) is 54.6 Å². The van der Waals surface area contributed by atoms with Gasteiger partial charge in [0.1, 0.15) is 0 Å². The lowest BCUT2D eigenvalue weighted by Crippen LogP contribution is -2.25. The first-order valence-electron chi connectivity index (χ1n) is 8.27. The quantitative estimate of drug-likeness (QED) is 0.695. The molecule has 1 heterocycles. The first-order chi connectivity index (χ1) is 12.6. The van der Waals surface area contributed by atoms with Gasteiger partial charge in [0.25, 0.3) is 0 Å². The van der Waals surface area contributed by atoms with Gasteiger partial charge < -0.3 is 10.6 Å². The van der Waals surface area contributed by atoms with Gasteiger partial charge in [-0.05, 0) is 11.1 Å². The van der Waals surface area contributed by atoms with Gasteiger partial charge >= 0.3 is 0 Å². The van der Waals surface area contributed by atoms with Gasteiger partial charge in [0.05, 0.1) is 5.69 Å². The molecule has 132 valence electrons. The molecule has 2 amide bonds. The molecule has 0 aliphatic carbocycles. The Kier molecular flexibility index (Phi) is 5.76. The second-order valence-corrected chi connectivity index (χ2v) is 6.62. The van der Waals surface area contributed by atoms with Gasteiger partial charge in [-0.2, -0.15) is 0 Å². The van der Waals surface area contributed by atoms with Crippen LogP contribution in [-0.4, -0.2) is 23.3 Å². The summed E-state index contributed by atoms with van der Waals surface area (Å²) in [6.07, 6.45) is 0.222. The van der Waals surface area contributed by atoms with E-state index in [0.717, 1.165) is 16.8 Å². The number of aromatic nitrogens is 1. The molecule has 6 heteroatoms. The van der Waals surface area contributed by atoms with Crippen LogP contribution >= 0.6 is 11.3 Å². The zero-order chi connectivity index (χ0) is 18.4. The van der Waals surface area contributed by atoms with Crippen molar-refractivity contribution >= 4 is 28.3 Å². The minimum Gasteiger partial charge on any atom is -0.356 e. The smallest absolute Gasteiger partial charge is 0.227 e. The van der Waals surface area contributed by atoms with Gasteiger partial charge in [-0.15, -0.1) is 11.3 Å². The molecular formula is C20H19N3O2S. The number of hydrogen-bond donors (Lipinski definition) is 2. The Hall–Kier alpha value is -2.99. The van der Waals surface area contributed by atoms with E-state index in [1.807, 2.05) is 35.7 Å². The fraction of sp³-hybridized carbons (Fsp3) is 0.150. The molecule has 2 aromatic carbocycles. The monoisotopic (exact) mass is 365 g/mol. The van der Waals surface area contributed by atoms with Crippen LogP contribution in [0.5, 0.6) is 0 Å². The molecule has 0 atom stereocenters. The summed E-state index contributed by atoms with van der Waals surface area (Å²) < 4.78 is 0.